The maximum absolute atomic E-state index is 12.9. The number of aryl methyl sites for hydroxylation is 3. The molecule has 1 aromatic heterocycles. The van der Waals surface area contributed by atoms with Gasteiger partial charge < -0.3 is 5.32 Å². The standard InChI is InChI=1S/C24H21ClN4O/c1-15-7-6-8-18(14-15)23-27-22(24(30)26-20-10-5-4-9-19(20)25)28-29(23)21-12-11-16(2)13-17(21)3/h4-14H,1-3H3,(H,26,30). The summed E-state index contributed by atoms with van der Waals surface area (Å²) in [5.74, 6) is 0.266. The van der Waals surface area contributed by atoms with Crippen molar-refractivity contribution in [2.45, 2.75) is 20.8 Å². The van der Waals surface area contributed by atoms with Gasteiger partial charge in [0, 0.05) is 5.56 Å². The van der Waals surface area contributed by atoms with Crippen LogP contribution in [0.4, 0.5) is 5.69 Å². The van der Waals surface area contributed by atoms with Crippen LogP contribution in [-0.2, 0) is 0 Å². The fourth-order valence-electron chi connectivity index (χ4n) is 3.33. The number of hydrogen-bond donors (Lipinski definition) is 1. The summed E-state index contributed by atoms with van der Waals surface area (Å²) in [5.41, 5.74) is 5.59. The van der Waals surface area contributed by atoms with Crippen molar-refractivity contribution >= 4 is 23.2 Å². The second kappa shape index (κ2) is 8.13. The molecule has 4 aromatic rings. The molecule has 30 heavy (non-hydrogen) atoms. The maximum Gasteiger partial charge on any atom is 0.295 e. The number of hydrogen-bond acceptors (Lipinski definition) is 3. The van der Waals surface area contributed by atoms with Gasteiger partial charge in [-0.25, -0.2) is 9.67 Å². The predicted molar refractivity (Wildman–Crippen MR) is 120 cm³/mol. The minimum atomic E-state index is -0.416. The molecule has 6 heteroatoms. The predicted octanol–water partition coefficient (Wildman–Crippen LogP) is 5.77. The van der Waals surface area contributed by atoms with E-state index in [2.05, 4.69) is 21.5 Å². The molecule has 1 heterocycles. The number of amides is 1. The first kappa shape index (κ1) is 19.9. The van der Waals surface area contributed by atoms with Crippen LogP contribution in [0.1, 0.15) is 27.3 Å². The summed E-state index contributed by atoms with van der Waals surface area (Å²) in [5, 5.41) is 7.81. The second-order valence-corrected chi connectivity index (χ2v) is 7.67. The van der Waals surface area contributed by atoms with E-state index < -0.39 is 5.91 Å². The monoisotopic (exact) mass is 416 g/mol. The third-order valence-corrected chi connectivity index (χ3v) is 5.12. The van der Waals surface area contributed by atoms with E-state index in [1.54, 1.807) is 28.9 Å². The highest BCUT2D eigenvalue weighted by Gasteiger charge is 2.20. The van der Waals surface area contributed by atoms with Crippen molar-refractivity contribution in [3.63, 3.8) is 0 Å². The maximum atomic E-state index is 12.9. The van der Waals surface area contributed by atoms with Gasteiger partial charge in [0.25, 0.3) is 5.91 Å². The van der Waals surface area contributed by atoms with Gasteiger partial charge >= 0.3 is 0 Å². The number of halogens is 1. The molecule has 0 radical (unpaired) electrons. The Balaban J connectivity index is 1.81. The van der Waals surface area contributed by atoms with Gasteiger partial charge in [0.1, 0.15) is 0 Å². The second-order valence-electron chi connectivity index (χ2n) is 7.26. The molecular weight excluding hydrogens is 396 g/mol. The largest absolute Gasteiger partial charge is 0.318 e. The van der Waals surface area contributed by atoms with Crippen LogP contribution in [0.15, 0.2) is 66.7 Å². The summed E-state index contributed by atoms with van der Waals surface area (Å²) in [4.78, 5) is 17.5. The molecule has 0 fully saturated rings. The number of carbonyl (C=O) groups excluding carboxylic acids is 1. The molecule has 0 aliphatic rings. The van der Waals surface area contributed by atoms with E-state index in [1.165, 1.54) is 0 Å². The van der Waals surface area contributed by atoms with Crippen molar-refractivity contribution in [1.82, 2.24) is 14.8 Å². The fraction of sp³-hybridized carbons (Fsp3) is 0.125. The van der Waals surface area contributed by atoms with E-state index in [0.717, 1.165) is 27.9 Å². The SMILES string of the molecule is Cc1cccc(-c2nc(C(=O)Nc3ccccc3Cl)nn2-c2ccc(C)cc2C)c1. The first-order valence-corrected chi connectivity index (χ1v) is 9.98. The summed E-state index contributed by atoms with van der Waals surface area (Å²) in [6, 6.07) is 21.2. The molecule has 150 valence electrons. The number of para-hydroxylation sites is 1. The van der Waals surface area contributed by atoms with Crippen LogP contribution < -0.4 is 5.32 Å². The Morgan fingerprint density at radius 2 is 1.70 bits per heavy atom. The molecular formula is C24H21ClN4O. The molecule has 0 aliphatic carbocycles. The Morgan fingerprint density at radius 3 is 2.43 bits per heavy atom. The third kappa shape index (κ3) is 3.98. The molecule has 0 unspecified atom stereocenters. The highest BCUT2D eigenvalue weighted by molar-refractivity contribution is 6.33. The molecule has 0 saturated carbocycles. The number of carbonyl (C=O) groups is 1. The lowest BCUT2D eigenvalue weighted by Gasteiger charge is -2.10. The number of benzene rings is 3. The van der Waals surface area contributed by atoms with Gasteiger partial charge in [-0.05, 0) is 50.6 Å². The van der Waals surface area contributed by atoms with E-state index in [-0.39, 0.29) is 5.82 Å². The zero-order valence-corrected chi connectivity index (χ0v) is 17.7. The number of anilines is 1. The smallest absolute Gasteiger partial charge is 0.295 e. The van der Waals surface area contributed by atoms with E-state index in [0.29, 0.717) is 16.5 Å². The Morgan fingerprint density at radius 1 is 0.933 bits per heavy atom. The average Bonchev–Trinajstić information content (AvgIpc) is 3.15. The van der Waals surface area contributed by atoms with E-state index in [9.17, 15) is 4.79 Å². The fourth-order valence-corrected chi connectivity index (χ4v) is 3.51. The highest BCUT2D eigenvalue weighted by atomic mass is 35.5. The molecule has 3 aromatic carbocycles. The molecule has 5 nitrogen and oxygen atoms in total. The summed E-state index contributed by atoms with van der Waals surface area (Å²) < 4.78 is 1.73. The van der Waals surface area contributed by atoms with Crippen molar-refractivity contribution in [2.75, 3.05) is 5.32 Å². The van der Waals surface area contributed by atoms with Gasteiger partial charge in [-0.3, -0.25) is 4.79 Å². The van der Waals surface area contributed by atoms with Gasteiger partial charge in [0.2, 0.25) is 5.82 Å². The molecule has 0 spiro atoms. The van der Waals surface area contributed by atoms with Gasteiger partial charge in [-0.15, -0.1) is 5.10 Å². The van der Waals surface area contributed by atoms with E-state index in [4.69, 9.17) is 11.6 Å². The Labute approximate surface area is 180 Å². The number of nitrogens with zero attached hydrogens (tertiary/aromatic N) is 3. The molecule has 0 bridgehead atoms. The molecule has 0 aliphatic heterocycles. The van der Waals surface area contributed by atoms with Crippen molar-refractivity contribution in [3.05, 3.63) is 94.3 Å². The first-order valence-electron chi connectivity index (χ1n) is 9.60. The average molecular weight is 417 g/mol. The zero-order valence-electron chi connectivity index (χ0n) is 17.0. The Bertz CT molecular complexity index is 1250. The summed E-state index contributed by atoms with van der Waals surface area (Å²) in [6.07, 6.45) is 0. The van der Waals surface area contributed by atoms with Gasteiger partial charge in [-0.1, -0.05) is 65.2 Å². The van der Waals surface area contributed by atoms with Crippen molar-refractivity contribution < 1.29 is 4.79 Å². The van der Waals surface area contributed by atoms with Gasteiger partial charge in [-0.2, -0.15) is 0 Å². The molecule has 4 rings (SSSR count). The third-order valence-electron chi connectivity index (χ3n) is 4.79. The lowest BCUT2D eigenvalue weighted by atomic mass is 10.1. The van der Waals surface area contributed by atoms with Crippen LogP contribution in [0.5, 0.6) is 0 Å². The van der Waals surface area contributed by atoms with Crippen LogP contribution in [0.2, 0.25) is 5.02 Å². The van der Waals surface area contributed by atoms with Gasteiger partial charge in [0.15, 0.2) is 5.82 Å². The topological polar surface area (TPSA) is 59.8 Å². The first-order chi connectivity index (χ1) is 14.4. The van der Waals surface area contributed by atoms with Crippen LogP contribution in [-0.4, -0.2) is 20.7 Å². The minimum absolute atomic E-state index is 0.0754. The van der Waals surface area contributed by atoms with Crippen LogP contribution in [0, 0.1) is 20.8 Å². The number of rotatable bonds is 4. The van der Waals surface area contributed by atoms with Crippen LogP contribution >= 0.6 is 11.6 Å². The normalized spacial score (nSPS) is 10.8. The lowest BCUT2D eigenvalue weighted by molar-refractivity contribution is 0.101. The molecule has 0 atom stereocenters. The van der Waals surface area contributed by atoms with Crippen LogP contribution in [0.3, 0.4) is 0 Å². The lowest BCUT2D eigenvalue weighted by Crippen LogP contribution is -2.14. The zero-order chi connectivity index (χ0) is 21.3. The van der Waals surface area contributed by atoms with E-state index >= 15 is 0 Å². The summed E-state index contributed by atoms with van der Waals surface area (Å²) in [6.45, 7) is 6.09. The Kier molecular flexibility index (Phi) is 5.38. The van der Waals surface area contributed by atoms with E-state index in [1.807, 2.05) is 57.2 Å². The highest BCUT2D eigenvalue weighted by Crippen LogP contribution is 2.26. The van der Waals surface area contributed by atoms with Crippen molar-refractivity contribution in [1.29, 1.82) is 0 Å². The number of aromatic nitrogens is 3. The number of nitrogens with one attached hydrogen (secondary N) is 1. The molecule has 1 N–H and O–H groups in total. The van der Waals surface area contributed by atoms with Gasteiger partial charge in [0.05, 0.1) is 16.4 Å². The summed E-state index contributed by atoms with van der Waals surface area (Å²) >= 11 is 6.18. The molecule has 0 saturated heterocycles. The molecule has 1 amide bonds. The minimum Gasteiger partial charge on any atom is -0.318 e. The quantitative estimate of drug-likeness (QED) is 0.459. The van der Waals surface area contributed by atoms with Crippen molar-refractivity contribution in [3.8, 4) is 17.1 Å². The van der Waals surface area contributed by atoms with Crippen LogP contribution in [0.25, 0.3) is 17.1 Å². The Hall–Kier alpha value is -3.44. The summed E-state index contributed by atoms with van der Waals surface area (Å²) in [7, 11) is 0. The van der Waals surface area contributed by atoms with Crippen molar-refractivity contribution in [2.24, 2.45) is 0 Å².